The van der Waals surface area contributed by atoms with E-state index in [2.05, 4.69) is 15.6 Å². The Balaban J connectivity index is 2.54. The maximum atomic E-state index is 11.0. The lowest BCUT2D eigenvalue weighted by Crippen LogP contribution is -2.26. The number of pyridine rings is 1. The summed E-state index contributed by atoms with van der Waals surface area (Å²) in [6.45, 7) is 2.34. The van der Waals surface area contributed by atoms with Crippen LogP contribution in [0.15, 0.2) is 18.3 Å². The van der Waals surface area contributed by atoms with E-state index in [1.807, 2.05) is 19.1 Å². The number of amides is 1. The summed E-state index contributed by atoms with van der Waals surface area (Å²) in [5.74, 6) is -0.0279. The second-order valence-electron chi connectivity index (χ2n) is 2.92. The molecule has 76 valence electrons. The predicted molar refractivity (Wildman–Crippen MR) is 56.2 cm³/mol. The maximum Gasteiger partial charge on any atom is 0.239 e. The fourth-order valence-corrected chi connectivity index (χ4v) is 1.05. The van der Waals surface area contributed by atoms with Crippen molar-refractivity contribution in [1.29, 1.82) is 0 Å². The Morgan fingerprint density at radius 2 is 2.36 bits per heavy atom. The van der Waals surface area contributed by atoms with Crippen LogP contribution in [-0.2, 0) is 11.2 Å². The van der Waals surface area contributed by atoms with Gasteiger partial charge in [-0.15, -0.1) is 0 Å². The number of rotatable bonds is 4. The molecule has 1 rings (SSSR count). The fraction of sp³-hybridized carbons (Fsp3) is 0.400. The molecule has 0 bridgehead atoms. The predicted octanol–water partition coefficient (Wildman–Crippen LogP) is 0.802. The van der Waals surface area contributed by atoms with Gasteiger partial charge in [-0.2, -0.15) is 0 Å². The minimum atomic E-state index is -0.0279. The van der Waals surface area contributed by atoms with Crippen LogP contribution in [0.5, 0.6) is 0 Å². The fourth-order valence-electron chi connectivity index (χ4n) is 1.05. The van der Waals surface area contributed by atoms with Crippen molar-refractivity contribution in [3.8, 4) is 0 Å². The Morgan fingerprint density at radius 3 is 3.00 bits per heavy atom. The number of hydrogen-bond acceptors (Lipinski definition) is 3. The molecule has 1 aromatic heterocycles. The standard InChI is InChI=1S/C10H15N3O/c1-3-8-6-9(4-5-12-8)13-7-10(14)11-2/h4-6H,3,7H2,1-2H3,(H,11,14)(H,12,13). The van der Waals surface area contributed by atoms with Gasteiger partial charge in [-0.05, 0) is 18.6 Å². The highest BCUT2D eigenvalue weighted by Crippen LogP contribution is 2.07. The molecule has 1 heterocycles. The van der Waals surface area contributed by atoms with Crippen LogP contribution in [0.2, 0.25) is 0 Å². The van der Waals surface area contributed by atoms with Gasteiger partial charge in [0.05, 0.1) is 6.54 Å². The molecular formula is C10H15N3O. The number of nitrogens with one attached hydrogen (secondary N) is 2. The molecule has 0 saturated heterocycles. The molecule has 0 spiro atoms. The number of hydrogen-bond donors (Lipinski definition) is 2. The summed E-state index contributed by atoms with van der Waals surface area (Å²) in [5.41, 5.74) is 1.95. The molecule has 14 heavy (non-hydrogen) atoms. The first-order valence-corrected chi connectivity index (χ1v) is 4.65. The zero-order valence-corrected chi connectivity index (χ0v) is 8.50. The van der Waals surface area contributed by atoms with Crippen molar-refractivity contribution in [3.63, 3.8) is 0 Å². The molecule has 0 unspecified atom stereocenters. The number of carbonyl (C=O) groups is 1. The smallest absolute Gasteiger partial charge is 0.239 e. The summed E-state index contributed by atoms with van der Waals surface area (Å²) in [6.07, 6.45) is 2.64. The monoisotopic (exact) mass is 193 g/mol. The van der Waals surface area contributed by atoms with Gasteiger partial charge in [0.15, 0.2) is 0 Å². The van der Waals surface area contributed by atoms with Gasteiger partial charge in [0.1, 0.15) is 0 Å². The van der Waals surface area contributed by atoms with Crippen LogP contribution in [0.1, 0.15) is 12.6 Å². The van der Waals surface area contributed by atoms with Gasteiger partial charge in [-0.3, -0.25) is 9.78 Å². The SMILES string of the molecule is CCc1cc(NCC(=O)NC)ccn1. The second kappa shape index (κ2) is 5.21. The normalized spacial score (nSPS) is 9.57. The van der Waals surface area contributed by atoms with Gasteiger partial charge in [-0.25, -0.2) is 0 Å². The lowest BCUT2D eigenvalue weighted by atomic mass is 10.2. The molecule has 0 aliphatic rings. The number of likely N-dealkylation sites (N-methyl/N-ethyl adjacent to an activating group) is 1. The first-order chi connectivity index (χ1) is 6.76. The first-order valence-electron chi connectivity index (χ1n) is 4.65. The van der Waals surface area contributed by atoms with E-state index in [-0.39, 0.29) is 5.91 Å². The van der Waals surface area contributed by atoms with E-state index in [9.17, 15) is 4.79 Å². The molecule has 0 aromatic carbocycles. The number of nitrogens with zero attached hydrogens (tertiary/aromatic N) is 1. The summed E-state index contributed by atoms with van der Waals surface area (Å²) < 4.78 is 0. The van der Waals surface area contributed by atoms with Crippen molar-refractivity contribution in [2.24, 2.45) is 0 Å². The van der Waals surface area contributed by atoms with E-state index in [4.69, 9.17) is 0 Å². The molecule has 0 atom stereocenters. The average molecular weight is 193 g/mol. The molecule has 4 nitrogen and oxygen atoms in total. The van der Waals surface area contributed by atoms with Crippen LogP contribution in [0, 0.1) is 0 Å². The van der Waals surface area contributed by atoms with Gasteiger partial charge in [-0.1, -0.05) is 6.92 Å². The van der Waals surface area contributed by atoms with Crippen molar-refractivity contribution in [2.45, 2.75) is 13.3 Å². The lowest BCUT2D eigenvalue weighted by Gasteiger charge is -2.05. The minimum Gasteiger partial charge on any atom is -0.376 e. The van der Waals surface area contributed by atoms with Crippen molar-refractivity contribution >= 4 is 11.6 Å². The number of carbonyl (C=O) groups excluding carboxylic acids is 1. The summed E-state index contributed by atoms with van der Waals surface area (Å²) in [4.78, 5) is 15.1. The number of anilines is 1. The summed E-state index contributed by atoms with van der Waals surface area (Å²) in [6, 6.07) is 3.80. The van der Waals surface area contributed by atoms with Crippen LogP contribution in [-0.4, -0.2) is 24.5 Å². The summed E-state index contributed by atoms with van der Waals surface area (Å²) in [7, 11) is 1.62. The Kier molecular flexibility index (Phi) is 3.91. The van der Waals surface area contributed by atoms with Crippen molar-refractivity contribution in [3.05, 3.63) is 24.0 Å². The first kappa shape index (κ1) is 10.5. The molecule has 4 heteroatoms. The van der Waals surface area contributed by atoms with E-state index in [1.54, 1.807) is 13.2 Å². The number of aromatic nitrogens is 1. The Morgan fingerprint density at radius 1 is 1.57 bits per heavy atom. The molecule has 1 amide bonds. The van der Waals surface area contributed by atoms with Crippen molar-refractivity contribution in [1.82, 2.24) is 10.3 Å². The van der Waals surface area contributed by atoms with Crippen LogP contribution >= 0.6 is 0 Å². The molecular weight excluding hydrogens is 178 g/mol. The highest BCUT2D eigenvalue weighted by molar-refractivity contribution is 5.80. The van der Waals surface area contributed by atoms with Crippen LogP contribution in [0.3, 0.4) is 0 Å². The Bertz CT molecular complexity index is 312. The van der Waals surface area contributed by atoms with Gasteiger partial charge >= 0.3 is 0 Å². The molecule has 2 N–H and O–H groups in total. The second-order valence-corrected chi connectivity index (χ2v) is 2.92. The van der Waals surface area contributed by atoms with E-state index in [0.29, 0.717) is 6.54 Å². The van der Waals surface area contributed by atoms with Gasteiger partial charge < -0.3 is 10.6 Å². The molecule has 0 saturated carbocycles. The summed E-state index contributed by atoms with van der Waals surface area (Å²) in [5, 5.41) is 5.56. The van der Waals surface area contributed by atoms with E-state index in [1.165, 1.54) is 0 Å². The van der Waals surface area contributed by atoms with Crippen molar-refractivity contribution < 1.29 is 4.79 Å². The zero-order valence-electron chi connectivity index (χ0n) is 8.50. The quantitative estimate of drug-likeness (QED) is 0.743. The lowest BCUT2D eigenvalue weighted by molar-refractivity contribution is -0.118. The van der Waals surface area contributed by atoms with E-state index >= 15 is 0 Å². The third-order valence-electron chi connectivity index (χ3n) is 1.91. The van der Waals surface area contributed by atoms with Gasteiger partial charge in [0.25, 0.3) is 0 Å². The van der Waals surface area contributed by atoms with Crippen LogP contribution < -0.4 is 10.6 Å². The van der Waals surface area contributed by atoms with Gasteiger partial charge in [0.2, 0.25) is 5.91 Å². The maximum absolute atomic E-state index is 11.0. The highest BCUT2D eigenvalue weighted by atomic mass is 16.1. The molecule has 0 radical (unpaired) electrons. The van der Waals surface area contributed by atoms with E-state index in [0.717, 1.165) is 17.8 Å². The Labute approximate surface area is 83.7 Å². The molecule has 0 aliphatic heterocycles. The minimum absolute atomic E-state index is 0.0279. The topological polar surface area (TPSA) is 54.0 Å². The third kappa shape index (κ3) is 3.05. The molecule has 0 aliphatic carbocycles. The van der Waals surface area contributed by atoms with Crippen LogP contribution in [0.25, 0.3) is 0 Å². The van der Waals surface area contributed by atoms with Gasteiger partial charge in [0, 0.05) is 24.6 Å². The Hall–Kier alpha value is -1.58. The largest absolute Gasteiger partial charge is 0.376 e. The molecule has 1 aromatic rings. The summed E-state index contributed by atoms with van der Waals surface area (Å²) >= 11 is 0. The highest BCUT2D eigenvalue weighted by Gasteiger charge is 1.98. The number of aryl methyl sites for hydroxylation is 1. The average Bonchev–Trinajstić information content (AvgIpc) is 2.26. The third-order valence-corrected chi connectivity index (χ3v) is 1.91. The molecule has 0 fully saturated rings. The van der Waals surface area contributed by atoms with Crippen LogP contribution in [0.4, 0.5) is 5.69 Å². The van der Waals surface area contributed by atoms with Crippen molar-refractivity contribution in [2.75, 3.05) is 18.9 Å². The zero-order chi connectivity index (χ0) is 10.4. The van der Waals surface area contributed by atoms with E-state index < -0.39 is 0 Å².